The van der Waals surface area contributed by atoms with Gasteiger partial charge in [0.05, 0.1) is 22.7 Å². The van der Waals surface area contributed by atoms with Gasteiger partial charge in [0.2, 0.25) is 0 Å². The average Bonchev–Trinajstić information content (AvgIpc) is 4.18. The molecule has 0 spiro atoms. The standard InChI is InChI=1S/C76H52N2S2/c1-45-15-9-16-46(2)73(45)77(55-23-11-21-53(43-55)59-27-13-29-63-71-57-25-7-5-19-49(57)35-41-67(71)79-75(59)63)65-39-33-51-32-38-62-66(40-34-52-31-37-61(65)69(51)70(52)62)78(74-47(3)17-10-18-48(74)4)56-24-12-22-54(44-56)60-28-14-30-64-72-58-26-8-6-20-50(58)36-42-68(72)80-76(60)64/h5-44H,1-4H3. The highest BCUT2D eigenvalue weighted by molar-refractivity contribution is 7.27. The van der Waals surface area contributed by atoms with E-state index in [1.165, 1.54) is 150 Å². The fourth-order valence-electron chi connectivity index (χ4n) is 13.5. The predicted molar refractivity (Wildman–Crippen MR) is 350 cm³/mol. The lowest BCUT2D eigenvalue weighted by atomic mass is 9.91. The molecule has 16 rings (SSSR count). The number of hydrogen-bond donors (Lipinski definition) is 0. The van der Waals surface area contributed by atoms with Crippen LogP contribution in [0.1, 0.15) is 22.3 Å². The van der Waals surface area contributed by atoms with Crippen molar-refractivity contribution in [2.45, 2.75) is 27.7 Å². The van der Waals surface area contributed by atoms with E-state index in [4.69, 9.17) is 0 Å². The molecule has 0 bridgehead atoms. The van der Waals surface area contributed by atoms with E-state index in [9.17, 15) is 0 Å². The number of fused-ring (bicyclic) bond motifs is 10. The smallest absolute Gasteiger partial charge is 0.0540 e. The minimum absolute atomic E-state index is 1.12. The molecular weight excluding hydrogens is 1000 g/mol. The summed E-state index contributed by atoms with van der Waals surface area (Å²) < 4.78 is 5.27. The molecule has 0 radical (unpaired) electrons. The fraction of sp³-hybridized carbons (Fsp3) is 0.0526. The van der Waals surface area contributed by atoms with E-state index in [0.29, 0.717) is 0 Å². The molecule has 2 aromatic heterocycles. The van der Waals surface area contributed by atoms with Crippen molar-refractivity contribution in [2.75, 3.05) is 9.80 Å². The van der Waals surface area contributed by atoms with Crippen molar-refractivity contribution >= 4 is 151 Å². The third-order valence-corrected chi connectivity index (χ3v) is 19.4. The predicted octanol–water partition coefficient (Wildman–Crippen LogP) is 23.1. The molecular formula is C76H52N2S2. The molecule has 0 aliphatic heterocycles. The number of rotatable bonds is 8. The van der Waals surface area contributed by atoms with Crippen molar-refractivity contribution in [1.29, 1.82) is 0 Å². The van der Waals surface area contributed by atoms with Crippen LogP contribution in [-0.4, -0.2) is 0 Å². The van der Waals surface area contributed by atoms with Crippen molar-refractivity contribution in [3.63, 3.8) is 0 Å². The van der Waals surface area contributed by atoms with Gasteiger partial charge in [-0.1, -0.05) is 194 Å². The SMILES string of the molecule is Cc1cccc(C)c1N(c1cccc(-c2cccc3c2sc2ccc4ccccc4c23)c1)c1ccc2ccc3c(N(c4cccc(-c5cccc6c5sc5ccc7ccccc7c56)c4)c4c(C)cccc4C)ccc4ccc1c2c43. The van der Waals surface area contributed by atoms with Gasteiger partial charge in [0, 0.05) is 62.5 Å². The van der Waals surface area contributed by atoms with Crippen LogP contribution in [0.25, 0.3) is 116 Å². The number of thiophene rings is 2. The first kappa shape index (κ1) is 46.7. The van der Waals surface area contributed by atoms with Crippen LogP contribution >= 0.6 is 22.7 Å². The summed E-state index contributed by atoms with van der Waals surface area (Å²) in [6, 6.07) is 91.2. The highest BCUT2D eigenvalue weighted by Gasteiger charge is 2.26. The molecule has 16 aromatic rings. The molecule has 0 atom stereocenters. The van der Waals surface area contributed by atoms with Gasteiger partial charge in [0.15, 0.2) is 0 Å². The second kappa shape index (κ2) is 18.1. The summed E-state index contributed by atoms with van der Waals surface area (Å²) in [5, 5.41) is 17.9. The van der Waals surface area contributed by atoms with Crippen LogP contribution < -0.4 is 9.80 Å². The molecule has 14 aromatic carbocycles. The van der Waals surface area contributed by atoms with Crippen molar-refractivity contribution in [2.24, 2.45) is 0 Å². The molecule has 4 heteroatoms. The second-order valence-corrected chi connectivity index (χ2v) is 23.8. The monoisotopic (exact) mass is 1060 g/mol. The molecule has 0 fully saturated rings. The van der Waals surface area contributed by atoms with Gasteiger partial charge in [-0.2, -0.15) is 0 Å². The third-order valence-electron chi connectivity index (χ3n) is 17.0. The number of hydrogen-bond acceptors (Lipinski definition) is 4. The number of benzene rings is 14. The van der Waals surface area contributed by atoms with Gasteiger partial charge < -0.3 is 9.80 Å². The molecule has 0 N–H and O–H groups in total. The topological polar surface area (TPSA) is 6.48 Å². The van der Waals surface area contributed by atoms with Gasteiger partial charge in [0.1, 0.15) is 0 Å². The molecule has 0 aliphatic carbocycles. The van der Waals surface area contributed by atoms with Gasteiger partial charge in [-0.05, 0) is 164 Å². The molecule has 378 valence electrons. The Morgan fingerprint density at radius 1 is 0.275 bits per heavy atom. The lowest BCUT2D eigenvalue weighted by molar-refractivity contribution is 1.23. The molecule has 0 saturated carbocycles. The fourth-order valence-corrected chi connectivity index (χ4v) is 16.0. The Morgan fingerprint density at radius 3 is 1.10 bits per heavy atom. The number of aryl methyl sites for hydroxylation is 4. The first-order valence-electron chi connectivity index (χ1n) is 27.6. The van der Waals surface area contributed by atoms with Crippen LogP contribution in [0.15, 0.2) is 243 Å². The molecule has 0 unspecified atom stereocenters. The van der Waals surface area contributed by atoms with Crippen LogP contribution in [0.3, 0.4) is 0 Å². The van der Waals surface area contributed by atoms with Crippen LogP contribution in [0.4, 0.5) is 34.1 Å². The normalized spacial score (nSPS) is 12.0. The number of para-hydroxylation sites is 2. The Morgan fingerprint density at radius 2 is 0.650 bits per heavy atom. The second-order valence-electron chi connectivity index (χ2n) is 21.7. The lowest BCUT2D eigenvalue weighted by Crippen LogP contribution is -2.14. The lowest BCUT2D eigenvalue weighted by Gasteiger charge is -2.32. The largest absolute Gasteiger partial charge is 0.309 e. The van der Waals surface area contributed by atoms with Gasteiger partial charge in [-0.25, -0.2) is 0 Å². The van der Waals surface area contributed by atoms with Crippen molar-refractivity contribution in [3.05, 3.63) is 265 Å². The maximum Gasteiger partial charge on any atom is 0.0540 e. The van der Waals surface area contributed by atoms with Crippen LogP contribution in [0, 0.1) is 27.7 Å². The summed E-state index contributed by atoms with van der Waals surface area (Å²) in [6.45, 7) is 9.02. The minimum atomic E-state index is 1.12. The summed E-state index contributed by atoms with van der Waals surface area (Å²) in [5.41, 5.74) is 16.8. The maximum atomic E-state index is 2.54. The van der Waals surface area contributed by atoms with Crippen molar-refractivity contribution in [3.8, 4) is 22.3 Å². The van der Waals surface area contributed by atoms with E-state index in [1.54, 1.807) is 0 Å². The molecule has 0 amide bonds. The third kappa shape index (κ3) is 7.09. The first-order chi connectivity index (χ1) is 39.3. The molecule has 0 aliphatic rings. The van der Waals surface area contributed by atoms with Crippen LogP contribution in [0.5, 0.6) is 0 Å². The van der Waals surface area contributed by atoms with E-state index in [-0.39, 0.29) is 0 Å². The molecule has 2 heterocycles. The maximum absolute atomic E-state index is 2.54. The highest BCUT2D eigenvalue weighted by Crippen LogP contribution is 2.52. The van der Waals surface area contributed by atoms with Crippen LogP contribution in [0.2, 0.25) is 0 Å². The van der Waals surface area contributed by atoms with Gasteiger partial charge in [0.25, 0.3) is 0 Å². The molecule has 0 saturated heterocycles. The van der Waals surface area contributed by atoms with Crippen molar-refractivity contribution < 1.29 is 0 Å². The zero-order valence-electron chi connectivity index (χ0n) is 44.8. The van der Waals surface area contributed by atoms with Gasteiger partial charge in [-0.3, -0.25) is 0 Å². The summed E-state index contributed by atoms with van der Waals surface area (Å²) >= 11 is 3.80. The van der Waals surface area contributed by atoms with Crippen molar-refractivity contribution in [1.82, 2.24) is 0 Å². The van der Waals surface area contributed by atoms with E-state index in [1.807, 2.05) is 22.7 Å². The quantitative estimate of drug-likeness (QED) is 0.140. The number of nitrogens with zero attached hydrogens (tertiary/aromatic N) is 2. The summed E-state index contributed by atoms with van der Waals surface area (Å²) in [6.07, 6.45) is 0. The summed E-state index contributed by atoms with van der Waals surface area (Å²) in [4.78, 5) is 5.07. The zero-order chi connectivity index (χ0) is 53.3. The van der Waals surface area contributed by atoms with E-state index < -0.39 is 0 Å². The van der Waals surface area contributed by atoms with Crippen LogP contribution in [-0.2, 0) is 0 Å². The Bertz CT molecular complexity index is 4850. The minimum Gasteiger partial charge on any atom is -0.309 e. The van der Waals surface area contributed by atoms with Gasteiger partial charge >= 0.3 is 0 Å². The van der Waals surface area contributed by atoms with E-state index in [2.05, 4.69) is 280 Å². The Kier molecular flexibility index (Phi) is 10.6. The Balaban J connectivity index is 0.885. The first-order valence-corrected chi connectivity index (χ1v) is 29.3. The van der Waals surface area contributed by atoms with Gasteiger partial charge in [-0.15, -0.1) is 22.7 Å². The number of anilines is 6. The van der Waals surface area contributed by atoms with E-state index in [0.717, 1.165) is 22.7 Å². The Labute approximate surface area is 472 Å². The summed E-state index contributed by atoms with van der Waals surface area (Å²) in [5.74, 6) is 0. The highest BCUT2D eigenvalue weighted by atomic mass is 32.1. The summed E-state index contributed by atoms with van der Waals surface area (Å²) in [7, 11) is 0. The Hall–Kier alpha value is -9.32. The average molecular weight is 1060 g/mol. The molecule has 2 nitrogen and oxygen atoms in total. The molecule has 80 heavy (non-hydrogen) atoms. The van der Waals surface area contributed by atoms with E-state index >= 15 is 0 Å². The zero-order valence-corrected chi connectivity index (χ0v) is 46.4.